The van der Waals surface area contributed by atoms with Crippen LogP contribution in [0.1, 0.15) is 41.9 Å². The number of aromatic nitrogens is 3. The Morgan fingerprint density at radius 3 is 2.61 bits per heavy atom. The third-order valence-electron chi connectivity index (χ3n) is 5.63. The number of carboxylic acids is 1. The molecule has 0 aliphatic heterocycles. The largest absolute Gasteiger partial charge is 0.481 e. The minimum Gasteiger partial charge on any atom is -0.481 e. The van der Waals surface area contributed by atoms with Crippen LogP contribution in [0.25, 0.3) is 10.4 Å². The van der Waals surface area contributed by atoms with Crippen molar-refractivity contribution in [1.29, 1.82) is 0 Å². The zero-order valence-corrected chi connectivity index (χ0v) is 18.4. The van der Waals surface area contributed by atoms with Gasteiger partial charge in [0.05, 0.1) is 10.8 Å². The summed E-state index contributed by atoms with van der Waals surface area (Å²) in [5, 5.41) is 23.6. The molecule has 3 N–H and O–H groups in total. The second-order valence-electron chi connectivity index (χ2n) is 8.15. The van der Waals surface area contributed by atoms with Crippen molar-refractivity contribution in [3.05, 3.63) is 52.9 Å². The smallest absolute Gasteiger partial charge is 0.433 e. The number of thiazole rings is 1. The predicted octanol–water partition coefficient (Wildman–Crippen LogP) is 5.13. The molecule has 2 heterocycles. The molecule has 0 amide bonds. The number of halogens is 3. The summed E-state index contributed by atoms with van der Waals surface area (Å²) in [6.07, 6.45) is -0.466. The minimum absolute atomic E-state index is 0.170. The first-order chi connectivity index (χ1) is 15.5. The SMILES string of the molecule is Cc1cc(Nc2nccc(C(F)(F)F)n2)cc(-c2cnc([C@]3(O)CC[C@@H](C(=O)O)CC3)s2)c1. The maximum absolute atomic E-state index is 12.9. The number of carboxylic acid groups (broad SMARTS) is 1. The molecular weight excluding hydrogens is 457 g/mol. The molecule has 1 aliphatic rings. The van der Waals surface area contributed by atoms with Crippen molar-refractivity contribution in [2.75, 3.05) is 5.32 Å². The van der Waals surface area contributed by atoms with Crippen LogP contribution in [0.15, 0.2) is 36.7 Å². The molecule has 1 aliphatic carbocycles. The number of carbonyl (C=O) groups is 1. The van der Waals surface area contributed by atoms with Gasteiger partial charge in [-0.25, -0.2) is 15.0 Å². The number of benzene rings is 1. The van der Waals surface area contributed by atoms with Crippen molar-refractivity contribution < 1.29 is 28.2 Å². The van der Waals surface area contributed by atoms with E-state index in [1.807, 2.05) is 13.0 Å². The summed E-state index contributed by atoms with van der Waals surface area (Å²) in [6, 6.07) is 6.22. The Kier molecular flexibility index (Phi) is 6.10. The molecule has 1 aromatic carbocycles. The van der Waals surface area contributed by atoms with Crippen LogP contribution in [0, 0.1) is 12.8 Å². The molecule has 11 heteroatoms. The number of aliphatic carboxylic acids is 1. The van der Waals surface area contributed by atoms with Gasteiger partial charge < -0.3 is 15.5 Å². The van der Waals surface area contributed by atoms with E-state index in [4.69, 9.17) is 0 Å². The summed E-state index contributed by atoms with van der Waals surface area (Å²) in [5.41, 5.74) is -0.0505. The van der Waals surface area contributed by atoms with Crippen molar-refractivity contribution >= 4 is 28.9 Å². The Balaban J connectivity index is 1.56. The number of hydrogen-bond donors (Lipinski definition) is 3. The standard InChI is InChI=1S/C22H21F3N4O3S/c1-12-8-14(10-15(9-12)28-20-26-7-4-17(29-20)22(23,24)25)16-11-27-19(33-16)21(32)5-2-13(3-6-21)18(30)31/h4,7-11,13,32H,2-3,5-6H2,1H3,(H,30,31)(H,26,28,29)/t13-,21+. The molecule has 0 atom stereocenters. The average Bonchev–Trinajstić information content (AvgIpc) is 3.25. The summed E-state index contributed by atoms with van der Waals surface area (Å²) in [6.45, 7) is 1.85. The summed E-state index contributed by atoms with van der Waals surface area (Å²) < 4.78 is 38.8. The Labute approximate surface area is 191 Å². The molecule has 0 spiro atoms. The topological polar surface area (TPSA) is 108 Å². The van der Waals surface area contributed by atoms with E-state index >= 15 is 0 Å². The fourth-order valence-corrected chi connectivity index (χ4v) is 4.93. The van der Waals surface area contributed by atoms with Crippen molar-refractivity contribution in [2.24, 2.45) is 5.92 Å². The van der Waals surface area contributed by atoms with Gasteiger partial charge in [0.2, 0.25) is 5.95 Å². The molecule has 0 bridgehead atoms. The highest BCUT2D eigenvalue weighted by atomic mass is 32.1. The first kappa shape index (κ1) is 23.1. The Bertz CT molecular complexity index is 1170. The van der Waals surface area contributed by atoms with Gasteiger partial charge in [-0.2, -0.15) is 13.2 Å². The lowest BCUT2D eigenvalue weighted by atomic mass is 9.79. The first-order valence-electron chi connectivity index (χ1n) is 10.2. The fourth-order valence-electron chi connectivity index (χ4n) is 3.88. The highest BCUT2D eigenvalue weighted by Crippen LogP contribution is 2.43. The summed E-state index contributed by atoms with van der Waals surface area (Å²) in [5.74, 6) is -1.47. The van der Waals surface area contributed by atoms with E-state index in [-0.39, 0.29) is 5.95 Å². The van der Waals surface area contributed by atoms with E-state index in [2.05, 4.69) is 20.3 Å². The van der Waals surface area contributed by atoms with Crippen LogP contribution in [0.4, 0.5) is 24.8 Å². The number of alkyl halides is 3. The van der Waals surface area contributed by atoms with E-state index < -0.39 is 29.4 Å². The van der Waals surface area contributed by atoms with Gasteiger partial charge in [-0.15, -0.1) is 11.3 Å². The van der Waals surface area contributed by atoms with E-state index in [0.29, 0.717) is 36.4 Å². The molecule has 1 fully saturated rings. The number of nitrogens with one attached hydrogen (secondary N) is 1. The molecule has 7 nitrogen and oxygen atoms in total. The van der Waals surface area contributed by atoms with Crippen LogP contribution in [-0.2, 0) is 16.6 Å². The quantitative estimate of drug-likeness (QED) is 0.466. The van der Waals surface area contributed by atoms with Crippen LogP contribution in [0.3, 0.4) is 0 Å². The molecule has 1 saturated carbocycles. The maximum Gasteiger partial charge on any atom is 0.433 e. The second kappa shape index (κ2) is 8.71. The van der Waals surface area contributed by atoms with Crippen LogP contribution in [0.2, 0.25) is 0 Å². The number of aryl methyl sites for hydroxylation is 1. The van der Waals surface area contributed by atoms with Gasteiger partial charge in [-0.3, -0.25) is 4.79 Å². The molecule has 0 radical (unpaired) electrons. The van der Waals surface area contributed by atoms with Gasteiger partial charge in [0, 0.05) is 18.1 Å². The maximum atomic E-state index is 12.9. The first-order valence-corrected chi connectivity index (χ1v) is 11.1. The van der Waals surface area contributed by atoms with Crippen molar-refractivity contribution in [2.45, 2.75) is 44.4 Å². The fraction of sp³-hybridized carbons (Fsp3) is 0.364. The van der Waals surface area contributed by atoms with Gasteiger partial charge in [0.15, 0.2) is 0 Å². The van der Waals surface area contributed by atoms with Crippen LogP contribution in [0.5, 0.6) is 0 Å². The van der Waals surface area contributed by atoms with Gasteiger partial charge in [-0.1, -0.05) is 6.07 Å². The second-order valence-corrected chi connectivity index (χ2v) is 9.18. The summed E-state index contributed by atoms with van der Waals surface area (Å²) >= 11 is 1.31. The molecule has 0 saturated heterocycles. The lowest BCUT2D eigenvalue weighted by Gasteiger charge is -2.32. The van der Waals surface area contributed by atoms with Crippen LogP contribution < -0.4 is 5.32 Å². The number of aliphatic hydroxyl groups is 1. The summed E-state index contributed by atoms with van der Waals surface area (Å²) in [7, 11) is 0. The monoisotopic (exact) mass is 478 g/mol. The van der Waals surface area contributed by atoms with Gasteiger partial charge in [0.1, 0.15) is 16.3 Å². The van der Waals surface area contributed by atoms with Crippen LogP contribution >= 0.6 is 11.3 Å². The Hall–Kier alpha value is -3.05. The third kappa shape index (κ3) is 5.14. The number of rotatable bonds is 5. The van der Waals surface area contributed by atoms with Crippen molar-refractivity contribution in [3.8, 4) is 10.4 Å². The molecule has 2 aromatic heterocycles. The van der Waals surface area contributed by atoms with E-state index in [1.54, 1.807) is 18.3 Å². The minimum atomic E-state index is -4.57. The third-order valence-corrected chi connectivity index (χ3v) is 6.87. The average molecular weight is 478 g/mol. The van der Waals surface area contributed by atoms with E-state index in [1.165, 1.54) is 11.3 Å². The summed E-state index contributed by atoms with van der Waals surface area (Å²) in [4.78, 5) is 23.8. The normalized spacial score (nSPS) is 21.1. The van der Waals surface area contributed by atoms with Crippen LogP contribution in [-0.4, -0.2) is 31.1 Å². The van der Waals surface area contributed by atoms with E-state index in [9.17, 15) is 28.2 Å². The molecule has 33 heavy (non-hydrogen) atoms. The van der Waals surface area contributed by atoms with Crippen molar-refractivity contribution in [3.63, 3.8) is 0 Å². The lowest BCUT2D eigenvalue weighted by molar-refractivity contribution is -0.145. The van der Waals surface area contributed by atoms with Gasteiger partial charge >= 0.3 is 12.1 Å². The number of hydrogen-bond acceptors (Lipinski definition) is 7. The van der Waals surface area contributed by atoms with Crippen molar-refractivity contribution in [1.82, 2.24) is 15.0 Å². The number of nitrogens with zero attached hydrogens (tertiary/aromatic N) is 3. The molecule has 4 rings (SSSR count). The Morgan fingerprint density at radius 2 is 1.94 bits per heavy atom. The molecule has 0 unspecified atom stereocenters. The zero-order chi connectivity index (χ0) is 23.8. The molecule has 3 aromatic rings. The lowest BCUT2D eigenvalue weighted by Crippen LogP contribution is -2.33. The highest BCUT2D eigenvalue weighted by Gasteiger charge is 2.39. The Morgan fingerprint density at radius 1 is 1.21 bits per heavy atom. The van der Waals surface area contributed by atoms with E-state index in [0.717, 1.165) is 28.3 Å². The van der Waals surface area contributed by atoms with Gasteiger partial charge in [-0.05, 0) is 61.9 Å². The van der Waals surface area contributed by atoms with Gasteiger partial charge in [0.25, 0.3) is 0 Å². The highest BCUT2D eigenvalue weighted by molar-refractivity contribution is 7.15. The number of anilines is 2. The predicted molar refractivity (Wildman–Crippen MR) is 116 cm³/mol. The zero-order valence-electron chi connectivity index (χ0n) is 17.6. The molecule has 174 valence electrons. The molecular formula is C22H21F3N4O3S.